The van der Waals surface area contributed by atoms with Gasteiger partial charge in [-0.1, -0.05) is 50.5 Å². The van der Waals surface area contributed by atoms with Gasteiger partial charge in [0.15, 0.2) is 0 Å². The molecule has 0 aromatic carbocycles. The van der Waals surface area contributed by atoms with Crippen LogP contribution in [-0.4, -0.2) is 17.0 Å². The van der Waals surface area contributed by atoms with Crippen molar-refractivity contribution >= 4 is 5.78 Å². The zero-order valence-corrected chi connectivity index (χ0v) is 14.7. The van der Waals surface area contributed by atoms with Crippen molar-refractivity contribution in [2.24, 2.45) is 0 Å². The van der Waals surface area contributed by atoms with Gasteiger partial charge in [0.2, 0.25) is 0 Å². The highest BCUT2D eigenvalue weighted by atomic mass is 16.3. The predicted octanol–water partition coefficient (Wildman–Crippen LogP) is 5.75. The van der Waals surface area contributed by atoms with Crippen LogP contribution in [0.4, 0.5) is 0 Å². The molecule has 0 saturated carbocycles. The van der Waals surface area contributed by atoms with Crippen molar-refractivity contribution in [3.8, 4) is 0 Å². The van der Waals surface area contributed by atoms with Crippen LogP contribution in [-0.2, 0) is 4.79 Å². The fourth-order valence-electron chi connectivity index (χ4n) is 2.34. The summed E-state index contributed by atoms with van der Waals surface area (Å²) in [7, 11) is 0. The normalized spacial score (nSPS) is 13.2. The minimum atomic E-state index is -0.0943. The van der Waals surface area contributed by atoms with E-state index < -0.39 is 0 Å². The molecule has 0 saturated heterocycles. The molecule has 128 valence electrons. The van der Waals surface area contributed by atoms with Gasteiger partial charge in [-0.25, -0.2) is 0 Å². The molecule has 0 bridgehead atoms. The number of hydrogen-bond acceptors (Lipinski definition) is 2. The lowest BCUT2D eigenvalue weighted by Gasteiger charge is -2.05. The number of carbonyl (C=O) groups is 1. The summed E-state index contributed by atoms with van der Waals surface area (Å²) in [5.74, 6) is 0.308. The second kappa shape index (κ2) is 16.5. The highest BCUT2D eigenvalue weighted by molar-refractivity contribution is 5.75. The number of carbonyl (C=O) groups excluding carboxylic acids is 1. The molecule has 1 unspecified atom stereocenters. The minimum Gasteiger partial charge on any atom is -0.393 e. The molecule has 2 nitrogen and oxygen atoms in total. The molecule has 0 aliphatic rings. The van der Waals surface area contributed by atoms with Crippen LogP contribution in [0.25, 0.3) is 0 Å². The van der Waals surface area contributed by atoms with Crippen LogP contribution in [0.2, 0.25) is 0 Å². The summed E-state index contributed by atoms with van der Waals surface area (Å²) < 4.78 is 0. The first-order valence-corrected chi connectivity index (χ1v) is 9.14. The van der Waals surface area contributed by atoms with Gasteiger partial charge in [-0.2, -0.15) is 0 Å². The highest BCUT2D eigenvalue weighted by Crippen LogP contribution is 2.08. The highest BCUT2D eigenvalue weighted by Gasteiger charge is 1.98. The second-order valence-corrected chi connectivity index (χ2v) is 6.18. The smallest absolute Gasteiger partial charge is 0.129 e. The maximum atomic E-state index is 10.8. The van der Waals surface area contributed by atoms with E-state index in [0.717, 1.165) is 57.8 Å². The van der Waals surface area contributed by atoms with Crippen molar-refractivity contribution in [1.82, 2.24) is 0 Å². The van der Waals surface area contributed by atoms with Gasteiger partial charge in [-0.3, -0.25) is 0 Å². The lowest BCUT2D eigenvalue weighted by Crippen LogP contribution is -2.03. The topological polar surface area (TPSA) is 37.3 Å². The zero-order chi connectivity index (χ0) is 16.5. The molecule has 0 rings (SSSR count). The summed E-state index contributed by atoms with van der Waals surface area (Å²) in [5.41, 5.74) is 0. The predicted molar refractivity (Wildman–Crippen MR) is 96.0 cm³/mol. The summed E-state index contributed by atoms with van der Waals surface area (Å²) in [6.07, 6.45) is 21.8. The first-order chi connectivity index (χ1) is 10.7. The fraction of sp³-hybridized carbons (Fsp3) is 0.750. The molecule has 22 heavy (non-hydrogen) atoms. The number of Topliss-reactive ketones (excluding diaryl/α,β-unsaturated/α-hetero) is 1. The molecular weight excluding hydrogens is 272 g/mol. The summed E-state index contributed by atoms with van der Waals surface area (Å²) >= 11 is 0. The number of hydrogen-bond donors (Lipinski definition) is 1. The Labute approximate surface area is 137 Å². The van der Waals surface area contributed by atoms with E-state index in [-0.39, 0.29) is 6.10 Å². The van der Waals surface area contributed by atoms with Gasteiger partial charge >= 0.3 is 0 Å². The first-order valence-electron chi connectivity index (χ1n) is 9.14. The lowest BCUT2D eigenvalue weighted by atomic mass is 10.1. The number of unbranched alkanes of at least 4 members (excludes halogenated alkanes) is 6. The van der Waals surface area contributed by atoms with Gasteiger partial charge in [0.25, 0.3) is 0 Å². The number of rotatable bonds is 15. The van der Waals surface area contributed by atoms with E-state index in [4.69, 9.17) is 0 Å². The summed E-state index contributed by atoms with van der Waals surface area (Å²) in [5, 5.41) is 9.44. The van der Waals surface area contributed by atoms with Crippen molar-refractivity contribution < 1.29 is 9.90 Å². The van der Waals surface area contributed by atoms with E-state index in [9.17, 15) is 9.90 Å². The third-order valence-corrected chi connectivity index (χ3v) is 3.88. The Morgan fingerprint density at radius 1 is 0.909 bits per heavy atom. The molecule has 0 aliphatic carbocycles. The van der Waals surface area contributed by atoms with Gasteiger partial charge in [0.1, 0.15) is 5.78 Å². The maximum Gasteiger partial charge on any atom is 0.129 e. The molecule has 0 amide bonds. The molecule has 0 aromatic heterocycles. The van der Waals surface area contributed by atoms with E-state index in [0.29, 0.717) is 5.78 Å². The van der Waals surface area contributed by atoms with E-state index in [1.54, 1.807) is 6.92 Å². The Morgan fingerprint density at radius 2 is 1.50 bits per heavy atom. The lowest BCUT2D eigenvalue weighted by molar-refractivity contribution is -0.117. The monoisotopic (exact) mass is 308 g/mol. The maximum absolute atomic E-state index is 10.8. The van der Waals surface area contributed by atoms with Crippen LogP contribution in [0.5, 0.6) is 0 Å². The van der Waals surface area contributed by atoms with Crippen molar-refractivity contribution in [3.05, 3.63) is 24.3 Å². The standard InChI is InChI=1S/C20H36O2/c1-3-20(22)18-16-14-12-10-8-6-4-5-7-9-11-13-15-17-19(2)21/h5-8,20,22H,3-4,9-18H2,1-2H3/b7-5-,8-6-. The number of ketones is 1. The molecule has 0 heterocycles. The van der Waals surface area contributed by atoms with Gasteiger partial charge in [-0.05, 0) is 58.3 Å². The minimum absolute atomic E-state index is 0.0943. The van der Waals surface area contributed by atoms with Gasteiger partial charge in [-0.15, -0.1) is 0 Å². The largest absolute Gasteiger partial charge is 0.393 e. The van der Waals surface area contributed by atoms with E-state index in [1.165, 1.54) is 19.3 Å². The van der Waals surface area contributed by atoms with Crippen molar-refractivity contribution in [1.29, 1.82) is 0 Å². The number of aliphatic hydroxyl groups is 1. The number of aliphatic hydroxyl groups excluding tert-OH is 1. The molecule has 1 N–H and O–H groups in total. The molecule has 0 aromatic rings. The van der Waals surface area contributed by atoms with Gasteiger partial charge in [0.05, 0.1) is 6.10 Å². The first kappa shape index (κ1) is 21.1. The molecule has 0 fully saturated rings. The third-order valence-electron chi connectivity index (χ3n) is 3.88. The Kier molecular flexibility index (Phi) is 15.8. The third kappa shape index (κ3) is 17.2. The Hall–Kier alpha value is -0.890. The molecule has 0 spiro atoms. The van der Waals surface area contributed by atoms with Crippen LogP contribution in [0, 0.1) is 0 Å². The van der Waals surface area contributed by atoms with E-state index >= 15 is 0 Å². The summed E-state index contributed by atoms with van der Waals surface area (Å²) in [6, 6.07) is 0. The molecule has 2 heteroatoms. The van der Waals surface area contributed by atoms with E-state index in [2.05, 4.69) is 24.3 Å². The van der Waals surface area contributed by atoms with Crippen LogP contribution < -0.4 is 0 Å². The summed E-state index contributed by atoms with van der Waals surface area (Å²) in [4.78, 5) is 10.8. The average Bonchev–Trinajstić information content (AvgIpc) is 2.50. The fourth-order valence-corrected chi connectivity index (χ4v) is 2.34. The molecule has 0 aliphatic heterocycles. The molecule has 0 radical (unpaired) electrons. The van der Waals surface area contributed by atoms with Crippen LogP contribution in [0.1, 0.15) is 90.9 Å². The second-order valence-electron chi connectivity index (χ2n) is 6.18. The van der Waals surface area contributed by atoms with Gasteiger partial charge < -0.3 is 9.90 Å². The van der Waals surface area contributed by atoms with Gasteiger partial charge in [0, 0.05) is 6.42 Å². The summed E-state index contributed by atoms with van der Waals surface area (Å²) in [6.45, 7) is 3.70. The van der Waals surface area contributed by atoms with E-state index in [1.807, 2.05) is 6.92 Å². The Balaban J connectivity index is 3.26. The molecular formula is C20H36O2. The molecule has 1 atom stereocenters. The van der Waals surface area contributed by atoms with Crippen molar-refractivity contribution in [2.75, 3.05) is 0 Å². The Morgan fingerprint density at radius 3 is 2.05 bits per heavy atom. The van der Waals surface area contributed by atoms with Crippen LogP contribution in [0.15, 0.2) is 24.3 Å². The Bertz CT molecular complexity index is 305. The average molecular weight is 309 g/mol. The zero-order valence-electron chi connectivity index (χ0n) is 14.7. The number of allylic oxidation sites excluding steroid dienone is 4. The quantitative estimate of drug-likeness (QED) is 0.309. The van der Waals surface area contributed by atoms with Crippen molar-refractivity contribution in [3.63, 3.8) is 0 Å². The van der Waals surface area contributed by atoms with Crippen molar-refractivity contribution in [2.45, 2.75) is 97.0 Å². The van der Waals surface area contributed by atoms with Crippen LogP contribution >= 0.6 is 0 Å². The van der Waals surface area contributed by atoms with Crippen LogP contribution in [0.3, 0.4) is 0 Å². The SMILES string of the molecule is CCC(O)CCCCC/C=C\C/C=C\CCCCCC(C)=O.